The standard InChI is InChI=1S/C15H15IN2O3/c1-3-9-11(4-2)17-18-14(13(9)15(19)20)21-12-8-6-5-7-10(12)16/h5-8H,3-4H2,1-2H3,(H,19,20). The third-order valence-electron chi connectivity index (χ3n) is 3.07. The molecule has 5 nitrogen and oxygen atoms in total. The minimum atomic E-state index is -1.04. The van der Waals surface area contributed by atoms with Gasteiger partial charge in [-0.2, -0.15) is 5.10 Å². The zero-order valence-electron chi connectivity index (χ0n) is 11.8. The monoisotopic (exact) mass is 398 g/mol. The van der Waals surface area contributed by atoms with Gasteiger partial charge in [0.25, 0.3) is 5.88 Å². The highest BCUT2D eigenvalue weighted by Gasteiger charge is 2.22. The number of nitrogens with zero attached hydrogens (tertiary/aromatic N) is 2. The van der Waals surface area contributed by atoms with Gasteiger partial charge in [-0.25, -0.2) is 4.79 Å². The molecule has 21 heavy (non-hydrogen) atoms. The van der Waals surface area contributed by atoms with Crippen LogP contribution in [-0.2, 0) is 12.8 Å². The van der Waals surface area contributed by atoms with Crippen molar-refractivity contribution in [1.29, 1.82) is 0 Å². The molecular weight excluding hydrogens is 383 g/mol. The van der Waals surface area contributed by atoms with Gasteiger partial charge in [-0.1, -0.05) is 26.0 Å². The lowest BCUT2D eigenvalue weighted by Crippen LogP contribution is -2.11. The molecule has 0 radical (unpaired) electrons. The van der Waals surface area contributed by atoms with Gasteiger partial charge >= 0.3 is 5.97 Å². The highest BCUT2D eigenvalue weighted by atomic mass is 127. The third kappa shape index (κ3) is 3.31. The summed E-state index contributed by atoms with van der Waals surface area (Å²) < 4.78 is 6.56. The van der Waals surface area contributed by atoms with E-state index in [0.29, 0.717) is 29.8 Å². The first-order chi connectivity index (χ1) is 10.1. The Morgan fingerprint density at radius 1 is 1.24 bits per heavy atom. The quantitative estimate of drug-likeness (QED) is 0.778. The minimum absolute atomic E-state index is 0.0423. The van der Waals surface area contributed by atoms with Crippen LogP contribution in [0.5, 0.6) is 11.6 Å². The Bertz CT molecular complexity index is 674. The number of benzene rings is 1. The molecule has 0 fully saturated rings. The van der Waals surface area contributed by atoms with Crippen molar-refractivity contribution in [1.82, 2.24) is 10.2 Å². The van der Waals surface area contributed by atoms with Gasteiger partial charge in [-0.05, 0) is 53.1 Å². The van der Waals surface area contributed by atoms with E-state index in [9.17, 15) is 9.90 Å². The molecule has 2 rings (SSSR count). The second-order valence-electron chi connectivity index (χ2n) is 4.35. The number of para-hydroxylation sites is 1. The lowest BCUT2D eigenvalue weighted by Gasteiger charge is -2.13. The molecule has 0 unspecified atom stereocenters. The van der Waals surface area contributed by atoms with Crippen LogP contribution in [0.15, 0.2) is 24.3 Å². The first-order valence-electron chi connectivity index (χ1n) is 6.62. The summed E-state index contributed by atoms with van der Waals surface area (Å²) in [6.45, 7) is 3.83. The van der Waals surface area contributed by atoms with Crippen LogP contribution < -0.4 is 4.74 Å². The molecule has 0 spiro atoms. The number of carbonyl (C=O) groups is 1. The number of carboxylic acids is 1. The number of aromatic nitrogens is 2. The molecule has 0 atom stereocenters. The van der Waals surface area contributed by atoms with E-state index >= 15 is 0 Å². The van der Waals surface area contributed by atoms with E-state index in [1.54, 1.807) is 6.07 Å². The summed E-state index contributed by atoms with van der Waals surface area (Å²) in [5, 5.41) is 17.6. The average molecular weight is 398 g/mol. The second kappa shape index (κ2) is 6.84. The Balaban J connectivity index is 2.54. The van der Waals surface area contributed by atoms with Gasteiger partial charge in [0, 0.05) is 0 Å². The fraction of sp³-hybridized carbons (Fsp3) is 0.267. The second-order valence-corrected chi connectivity index (χ2v) is 5.51. The van der Waals surface area contributed by atoms with Crippen molar-refractivity contribution < 1.29 is 14.6 Å². The number of carboxylic acid groups (broad SMARTS) is 1. The molecule has 0 saturated heterocycles. The topological polar surface area (TPSA) is 72.3 Å². The first-order valence-corrected chi connectivity index (χ1v) is 7.70. The van der Waals surface area contributed by atoms with Crippen LogP contribution in [-0.4, -0.2) is 21.3 Å². The molecule has 0 aliphatic carbocycles. The molecule has 0 aliphatic rings. The summed E-state index contributed by atoms with van der Waals surface area (Å²) in [6, 6.07) is 7.36. The fourth-order valence-corrected chi connectivity index (χ4v) is 2.58. The van der Waals surface area contributed by atoms with E-state index < -0.39 is 5.97 Å². The van der Waals surface area contributed by atoms with Crippen LogP contribution in [0.1, 0.15) is 35.5 Å². The Hall–Kier alpha value is -1.70. The van der Waals surface area contributed by atoms with Crippen molar-refractivity contribution in [3.63, 3.8) is 0 Å². The number of aromatic carboxylic acids is 1. The predicted molar refractivity (Wildman–Crippen MR) is 87.0 cm³/mol. The normalized spacial score (nSPS) is 10.4. The van der Waals surface area contributed by atoms with E-state index in [2.05, 4.69) is 32.8 Å². The number of hydrogen-bond acceptors (Lipinski definition) is 4. The SMILES string of the molecule is CCc1nnc(Oc2ccccc2I)c(C(=O)O)c1CC. The van der Waals surface area contributed by atoms with E-state index in [1.807, 2.05) is 32.0 Å². The lowest BCUT2D eigenvalue weighted by atomic mass is 10.0. The van der Waals surface area contributed by atoms with Gasteiger partial charge < -0.3 is 9.84 Å². The largest absolute Gasteiger partial charge is 0.477 e. The molecule has 110 valence electrons. The fourth-order valence-electron chi connectivity index (χ4n) is 2.08. The van der Waals surface area contributed by atoms with Crippen molar-refractivity contribution in [3.8, 4) is 11.6 Å². The van der Waals surface area contributed by atoms with Crippen molar-refractivity contribution in [2.24, 2.45) is 0 Å². The van der Waals surface area contributed by atoms with Crippen LogP contribution in [0.25, 0.3) is 0 Å². The van der Waals surface area contributed by atoms with Gasteiger partial charge in [0.05, 0.1) is 9.26 Å². The van der Waals surface area contributed by atoms with Crippen molar-refractivity contribution in [3.05, 3.63) is 44.7 Å². The highest BCUT2D eigenvalue weighted by Crippen LogP contribution is 2.29. The molecule has 1 aromatic heterocycles. The van der Waals surface area contributed by atoms with Crippen molar-refractivity contribution in [2.45, 2.75) is 26.7 Å². The average Bonchev–Trinajstić information content (AvgIpc) is 2.48. The van der Waals surface area contributed by atoms with E-state index in [4.69, 9.17) is 4.74 Å². The minimum Gasteiger partial charge on any atom is -0.477 e. The third-order valence-corrected chi connectivity index (χ3v) is 3.96. The van der Waals surface area contributed by atoms with Crippen LogP contribution in [0.3, 0.4) is 0 Å². The Morgan fingerprint density at radius 2 is 1.95 bits per heavy atom. The molecule has 0 saturated carbocycles. The number of aryl methyl sites for hydroxylation is 1. The Kier molecular flexibility index (Phi) is 5.11. The van der Waals surface area contributed by atoms with Gasteiger partial charge in [-0.15, -0.1) is 5.10 Å². The molecule has 1 aromatic carbocycles. The zero-order chi connectivity index (χ0) is 15.4. The molecule has 1 N–H and O–H groups in total. The highest BCUT2D eigenvalue weighted by molar-refractivity contribution is 14.1. The molecule has 2 aromatic rings. The van der Waals surface area contributed by atoms with Crippen LogP contribution in [0.2, 0.25) is 0 Å². The lowest BCUT2D eigenvalue weighted by molar-refractivity contribution is 0.0691. The van der Waals surface area contributed by atoms with Gasteiger partial charge in [0.2, 0.25) is 0 Å². The van der Waals surface area contributed by atoms with Gasteiger partial charge in [0.15, 0.2) is 0 Å². The Morgan fingerprint density at radius 3 is 2.52 bits per heavy atom. The Labute approximate surface area is 136 Å². The summed E-state index contributed by atoms with van der Waals surface area (Å²) >= 11 is 2.13. The summed E-state index contributed by atoms with van der Waals surface area (Å²) in [4.78, 5) is 11.6. The summed E-state index contributed by atoms with van der Waals surface area (Å²) in [7, 11) is 0. The van der Waals surface area contributed by atoms with Crippen LogP contribution in [0.4, 0.5) is 0 Å². The smallest absolute Gasteiger partial charge is 0.341 e. The van der Waals surface area contributed by atoms with Gasteiger partial charge in [-0.3, -0.25) is 0 Å². The number of hydrogen-bond donors (Lipinski definition) is 1. The molecule has 0 aliphatic heterocycles. The maximum absolute atomic E-state index is 11.6. The summed E-state index contributed by atoms with van der Waals surface area (Å²) in [5.74, 6) is -0.431. The van der Waals surface area contributed by atoms with E-state index in [-0.39, 0.29) is 11.4 Å². The zero-order valence-corrected chi connectivity index (χ0v) is 13.9. The molecular formula is C15H15IN2O3. The predicted octanol–water partition coefficient (Wildman–Crippen LogP) is 3.70. The number of halogens is 1. The summed E-state index contributed by atoms with van der Waals surface area (Å²) in [5.41, 5.74) is 1.48. The van der Waals surface area contributed by atoms with Crippen molar-refractivity contribution >= 4 is 28.6 Å². The molecule has 0 bridgehead atoms. The number of ether oxygens (including phenoxy) is 1. The molecule has 1 heterocycles. The molecule has 6 heteroatoms. The summed E-state index contributed by atoms with van der Waals surface area (Å²) in [6.07, 6.45) is 1.21. The van der Waals surface area contributed by atoms with E-state index in [1.165, 1.54) is 0 Å². The van der Waals surface area contributed by atoms with Crippen LogP contribution >= 0.6 is 22.6 Å². The number of rotatable bonds is 5. The first kappa shape index (κ1) is 15.7. The molecule has 0 amide bonds. The maximum Gasteiger partial charge on any atom is 0.341 e. The van der Waals surface area contributed by atoms with Crippen LogP contribution in [0, 0.1) is 3.57 Å². The maximum atomic E-state index is 11.6. The van der Waals surface area contributed by atoms with Crippen molar-refractivity contribution in [2.75, 3.05) is 0 Å². The van der Waals surface area contributed by atoms with Gasteiger partial charge in [0.1, 0.15) is 11.3 Å². The van der Waals surface area contributed by atoms with E-state index in [0.717, 1.165) is 3.57 Å².